The largest absolute Gasteiger partial charge is 0.506 e. The average molecular weight is 291 g/mol. The molecule has 7 nitrogen and oxygen atoms in total. The number of aromatic hydroxyl groups is 1. The second-order valence-electron chi connectivity index (χ2n) is 4.91. The molecular formula is C14H17N3O4. The molecule has 1 heterocycles. The molecule has 0 atom stereocenters. The lowest BCUT2D eigenvalue weighted by Gasteiger charge is -2.31. The highest BCUT2D eigenvalue weighted by molar-refractivity contribution is 6.39. The van der Waals surface area contributed by atoms with Gasteiger partial charge in [-0.2, -0.15) is 0 Å². The zero-order chi connectivity index (χ0) is 15.4. The van der Waals surface area contributed by atoms with Crippen LogP contribution in [0.25, 0.3) is 0 Å². The van der Waals surface area contributed by atoms with E-state index in [9.17, 15) is 19.5 Å². The molecule has 0 bridgehead atoms. The van der Waals surface area contributed by atoms with Gasteiger partial charge < -0.3 is 20.2 Å². The molecule has 7 heteroatoms. The summed E-state index contributed by atoms with van der Waals surface area (Å²) >= 11 is 0. The Bertz CT molecular complexity index is 565. The maximum atomic E-state index is 12.0. The van der Waals surface area contributed by atoms with Gasteiger partial charge >= 0.3 is 11.8 Å². The van der Waals surface area contributed by atoms with Crippen molar-refractivity contribution in [2.75, 3.05) is 31.5 Å². The number of nitrogens with zero attached hydrogens (tertiary/aromatic N) is 2. The van der Waals surface area contributed by atoms with E-state index in [0.29, 0.717) is 26.2 Å². The third kappa shape index (κ3) is 3.50. The SMILES string of the molecule is Cc1ccc(NC(=O)C(=O)N2CCN(C=O)CC2)c(O)c1. The van der Waals surface area contributed by atoms with Crippen molar-refractivity contribution in [1.82, 2.24) is 9.80 Å². The fourth-order valence-corrected chi connectivity index (χ4v) is 2.10. The molecule has 2 N–H and O–H groups in total. The number of hydrogen-bond acceptors (Lipinski definition) is 4. The highest BCUT2D eigenvalue weighted by atomic mass is 16.3. The molecule has 2 rings (SSSR count). The molecule has 0 spiro atoms. The molecular weight excluding hydrogens is 274 g/mol. The van der Waals surface area contributed by atoms with Crippen LogP contribution in [-0.2, 0) is 14.4 Å². The molecule has 21 heavy (non-hydrogen) atoms. The quantitative estimate of drug-likeness (QED) is 0.454. The highest BCUT2D eigenvalue weighted by Crippen LogP contribution is 2.23. The maximum Gasteiger partial charge on any atom is 0.314 e. The minimum absolute atomic E-state index is 0.0816. The van der Waals surface area contributed by atoms with E-state index in [2.05, 4.69) is 5.32 Å². The average Bonchev–Trinajstić information content (AvgIpc) is 2.49. The Morgan fingerprint density at radius 2 is 1.90 bits per heavy atom. The Hall–Kier alpha value is -2.57. The number of hydrogen-bond donors (Lipinski definition) is 2. The molecule has 1 aromatic rings. The lowest BCUT2D eigenvalue weighted by atomic mass is 10.2. The van der Waals surface area contributed by atoms with Crippen LogP contribution in [0.4, 0.5) is 5.69 Å². The molecule has 0 unspecified atom stereocenters. The fraction of sp³-hybridized carbons (Fsp3) is 0.357. The van der Waals surface area contributed by atoms with E-state index in [1.165, 1.54) is 11.0 Å². The number of carbonyl (C=O) groups is 3. The summed E-state index contributed by atoms with van der Waals surface area (Å²) in [5.41, 5.74) is 1.05. The molecule has 3 amide bonds. The standard InChI is InChI=1S/C14H17N3O4/c1-10-2-3-11(12(19)8-10)15-13(20)14(21)17-6-4-16(9-18)5-7-17/h2-3,8-9,19H,4-7H2,1H3,(H,15,20). The number of phenols is 1. The minimum atomic E-state index is -0.797. The number of rotatable bonds is 2. The van der Waals surface area contributed by atoms with Crippen LogP contribution in [0.2, 0.25) is 0 Å². The number of carbonyl (C=O) groups excluding carboxylic acids is 3. The van der Waals surface area contributed by atoms with Gasteiger partial charge in [0.05, 0.1) is 5.69 Å². The van der Waals surface area contributed by atoms with Gasteiger partial charge in [-0.05, 0) is 24.6 Å². The van der Waals surface area contributed by atoms with E-state index in [4.69, 9.17) is 0 Å². The Morgan fingerprint density at radius 1 is 1.24 bits per heavy atom. The van der Waals surface area contributed by atoms with Crippen LogP contribution < -0.4 is 5.32 Å². The summed E-state index contributed by atoms with van der Waals surface area (Å²) in [7, 11) is 0. The van der Waals surface area contributed by atoms with E-state index >= 15 is 0 Å². The van der Waals surface area contributed by atoms with E-state index < -0.39 is 11.8 Å². The zero-order valence-electron chi connectivity index (χ0n) is 11.7. The Labute approximate surface area is 122 Å². The number of piperazine rings is 1. The van der Waals surface area contributed by atoms with E-state index in [0.717, 1.165) is 12.0 Å². The summed E-state index contributed by atoms with van der Waals surface area (Å²) in [6, 6.07) is 4.77. The van der Waals surface area contributed by atoms with Crippen LogP contribution in [0, 0.1) is 6.92 Å². The van der Waals surface area contributed by atoms with Crippen LogP contribution in [-0.4, -0.2) is 59.3 Å². The summed E-state index contributed by atoms with van der Waals surface area (Å²) in [6.45, 7) is 3.29. The summed E-state index contributed by atoms with van der Waals surface area (Å²) in [5.74, 6) is -1.55. The smallest absolute Gasteiger partial charge is 0.314 e. The van der Waals surface area contributed by atoms with Gasteiger partial charge in [0, 0.05) is 26.2 Å². The molecule has 0 aromatic heterocycles. The van der Waals surface area contributed by atoms with Crippen LogP contribution >= 0.6 is 0 Å². The Balaban J connectivity index is 1.97. The highest BCUT2D eigenvalue weighted by Gasteiger charge is 2.25. The number of anilines is 1. The van der Waals surface area contributed by atoms with E-state index in [1.54, 1.807) is 17.0 Å². The van der Waals surface area contributed by atoms with Gasteiger partial charge in [-0.15, -0.1) is 0 Å². The molecule has 0 aliphatic carbocycles. The predicted molar refractivity (Wildman–Crippen MR) is 75.7 cm³/mol. The molecule has 112 valence electrons. The monoisotopic (exact) mass is 291 g/mol. The number of benzene rings is 1. The molecule has 0 radical (unpaired) electrons. The number of aryl methyl sites for hydroxylation is 1. The minimum Gasteiger partial charge on any atom is -0.506 e. The van der Waals surface area contributed by atoms with Crippen molar-refractivity contribution in [2.24, 2.45) is 0 Å². The van der Waals surface area contributed by atoms with Crippen LogP contribution in [0.3, 0.4) is 0 Å². The van der Waals surface area contributed by atoms with Crippen molar-refractivity contribution in [3.05, 3.63) is 23.8 Å². The maximum absolute atomic E-state index is 12.0. The first-order valence-corrected chi connectivity index (χ1v) is 6.60. The van der Waals surface area contributed by atoms with Gasteiger partial charge in [-0.25, -0.2) is 0 Å². The molecule has 1 aromatic carbocycles. The van der Waals surface area contributed by atoms with Crippen molar-refractivity contribution in [3.63, 3.8) is 0 Å². The first kappa shape index (κ1) is 14.8. The summed E-state index contributed by atoms with van der Waals surface area (Å²) < 4.78 is 0. The van der Waals surface area contributed by atoms with Crippen LogP contribution in [0.5, 0.6) is 5.75 Å². The first-order chi connectivity index (χ1) is 10.0. The lowest BCUT2D eigenvalue weighted by molar-refractivity contribution is -0.144. The molecule has 0 saturated carbocycles. The van der Waals surface area contributed by atoms with Crippen LogP contribution in [0.1, 0.15) is 5.56 Å². The van der Waals surface area contributed by atoms with Crippen molar-refractivity contribution in [3.8, 4) is 5.75 Å². The Morgan fingerprint density at radius 3 is 2.48 bits per heavy atom. The normalized spacial score (nSPS) is 14.7. The first-order valence-electron chi connectivity index (χ1n) is 6.60. The second kappa shape index (κ2) is 6.25. The summed E-state index contributed by atoms with van der Waals surface area (Å²) in [4.78, 5) is 37.4. The summed E-state index contributed by atoms with van der Waals surface area (Å²) in [6.07, 6.45) is 0.728. The molecule has 1 aliphatic rings. The summed E-state index contributed by atoms with van der Waals surface area (Å²) in [5, 5.41) is 12.1. The Kier molecular flexibility index (Phi) is 4.42. The fourth-order valence-electron chi connectivity index (χ4n) is 2.10. The van der Waals surface area contributed by atoms with Crippen molar-refractivity contribution in [2.45, 2.75) is 6.92 Å². The van der Waals surface area contributed by atoms with Crippen molar-refractivity contribution < 1.29 is 19.5 Å². The van der Waals surface area contributed by atoms with Gasteiger partial charge in [0.15, 0.2) is 0 Å². The van der Waals surface area contributed by atoms with Gasteiger partial charge in [0.1, 0.15) is 5.75 Å². The lowest BCUT2D eigenvalue weighted by Crippen LogP contribution is -2.51. The van der Waals surface area contributed by atoms with Crippen molar-refractivity contribution >= 4 is 23.9 Å². The van der Waals surface area contributed by atoms with Gasteiger partial charge in [-0.1, -0.05) is 6.07 Å². The van der Waals surface area contributed by atoms with Crippen molar-refractivity contribution in [1.29, 1.82) is 0 Å². The molecule has 1 saturated heterocycles. The van der Waals surface area contributed by atoms with E-state index in [1.807, 2.05) is 6.92 Å². The third-order valence-corrected chi connectivity index (χ3v) is 3.35. The zero-order valence-corrected chi connectivity index (χ0v) is 11.7. The molecule has 1 aliphatic heterocycles. The van der Waals surface area contributed by atoms with Gasteiger partial charge in [-0.3, -0.25) is 14.4 Å². The number of phenolic OH excluding ortho intramolecular Hbond substituents is 1. The third-order valence-electron chi connectivity index (χ3n) is 3.35. The van der Waals surface area contributed by atoms with Crippen LogP contribution in [0.15, 0.2) is 18.2 Å². The molecule has 1 fully saturated rings. The van der Waals surface area contributed by atoms with E-state index in [-0.39, 0.29) is 11.4 Å². The topological polar surface area (TPSA) is 90.0 Å². The predicted octanol–water partition coefficient (Wildman–Crippen LogP) is -0.0603. The number of amides is 3. The second-order valence-corrected chi connectivity index (χ2v) is 4.91. The number of nitrogens with one attached hydrogen (secondary N) is 1. The van der Waals surface area contributed by atoms with Gasteiger partial charge in [0.25, 0.3) is 0 Å². The van der Waals surface area contributed by atoms with Gasteiger partial charge in [0.2, 0.25) is 6.41 Å².